The minimum absolute atomic E-state index is 0.201. The van der Waals surface area contributed by atoms with Crippen molar-refractivity contribution in [2.24, 2.45) is 18.4 Å². The Balaban J connectivity index is 1.06. The van der Waals surface area contributed by atoms with Crippen LogP contribution < -0.4 is 5.32 Å². The standard InChI is InChI=1S/C23H31ClN6O/c1-28-20(26-21(27-28)17-4-6-19(24)7-5-17)14-30-15-23(16-30)12-18(13-23)22(31)25-8-11-29-9-2-3-10-29/h4-7,18H,2-3,8-16H2,1H3,(H,25,31). The number of nitrogens with zero attached hydrogens (tertiary/aromatic N) is 5. The first kappa shape index (κ1) is 20.9. The van der Waals surface area contributed by atoms with Crippen molar-refractivity contribution in [1.82, 2.24) is 29.9 Å². The van der Waals surface area contributed by atoms with Crippen molar-refractivity contribution in [1.29, 1.82) is 0 Å². The van der Waals surface area contributed by atoms with Crippen molar-refractivity contribution < 1.29 is 4.79 Å². The summed E-state index contributed by atoms with van der Waals surface area (Å²) in [4.78, 5) is 22.0. The number of aryl methyl sites for hydroxylation is 1. The summed E-state index contributed by atoms with van der Waals surface area (Å²) in [5.41, 5.74) is 1.32. The second kappa shape index (κ2) is 8.52. The molecule has 8 heteroatoms. The number of likely N-dealkylation sites (tertiary alicyclic amines) is 2. The number of halogens is 1. The van der Waals surface area contributed by atoms with Crippen LogP contribution in [0, 0.1) is 11.3 Å². The van der Waals surface area contributed by atoms with E-state index in [-0.39, 0.29) is 11.8 Å². The highest BCUT2D eigenvalue weighted by atomic mass is 35.5. The van der Waals surface area contributed by atoms with Gasteiger partial charge in [-0.25, -0.2) is 4.98 Å². The molecule has 0 bridgehead atoms. The molecule has 3 aliphatic rings. The van der Waals surface area contributed by atoms with Crippen LogP contribution in [0.25, 0.3) is 11.4 Å². The largest absolute Gasteiger partial charge is 0.355 e. The summed E-state index contributed by atoms with van der Waals surface area (Å²) >= 11 is 5.98. The molecule has 3 fully saturated rings. The van der Waals surface area contributed by atoms with Crippen LogP contribution in [0.2, 0.25) is 5.02 Å². The second-order valence-electron chi connectivity index (χ2n) is 9.57. The molecule has 1 amide bonds. The van der Waals surface area contributed by atoms with Crippen LogP contribution in [0.4, 0.5) is 0 Å². The molecule has 3 heterocycles. The van der Waals surface area contributed by atoms with Gasteiger partial charge >= 0.3 is 0 Å². The van der Waals surface area contributed by atoms with Crippen molar-refractivity contribution in [2.45, 2.75) is 32.2 Å². The van der Waals surface area contributed by atoms with Crippen LogP contribution >= 0.6 is 11.6 Å². The van der Waals surface area contributed by atoms with E-state index in [1.165, 1.54) is 25.9 Å². The van der Waals surface area contributed by atoms with Gasteiger partial charge in [-0.05, 0) is 68.5 Å². The van der Waals surface area contributed by atoms with Gasteiger partial charge in [0.1, 0.15) is 5.82 Å². The SMILES string of the molecule is Cn1nc(-c2ccc(Cl)cc2)nc1CN1CC2(CC(C(=O)NCCN3CCCC3)C2)C1. The van der Waals surface area contributed by atoms with E-state index in [2.05, 4.69) is 20.2 Å². The maximum Gasteiger partial charge on any atom is 0.223 e. The van der Waals surface area contributed by atoms with Gasteiger partial charge in [-0.15, -0.1) is 0 Å². The average Bonchev–Trinajstić information content (AvgIpc) is 3.33. The second-order valence-corrected chi connectivity index (χ2v) is 10.0. The number of benzene rings is 1. The number of nitrogens with one attached hydrogen (secondary N) is 1. The van der Waals surface area contributed by atoms with Crippen LogP contribution in [0.5, 0.6) is 0 Å². The van der Waals surface area contributed by atoms with Crippen LogP contribution in [-0.4, -0.2) is 69.7 Å². The van der Waals surface area contributed by atoms with Gasteiger partial charge < -0.3 is 10.2 Å². The molecular weight excluding hydrogens is 412 g/mol. The van der Waals surface area contributed by atoms with E-state index in [1.54, 1.807) is 0 Å². The highest BCUT2D eigenvalue weighted by molar-refractivity contribution is 6.30. The Morgan fingerprint density at radius 3 is 2.58 bits per heavy atom. The fourth-order valence-electron chi connectivity index (χ4n) is 5.41. The van der Waals surface area contributed by atoms with Gasteiger partial charge in [0.05, 0.1) is 6.54 Å². The Bertz CT molecular complexity index is 922. The van der Waals surface area contributed by atoms with Crippen molar-refractivity contribution in [3.8, 4) is 11.4 Å². The normalized spacial score (nSPS) is 21.2. The first-order chi connectivity index (χ1) is 15.0. The summed E-state index contributed by atoms with van der Waals surface area (Å²) in [7, 11) is 1.95. The Kier molecular flexibility index (Phi) is 5.75. The number of hydrogen-bond donors (Lipinski definition) is 1. The van der Waals surface area contributed by atoms with Crippen molar-refractivity contribution in [3.63, 3.8) is 0 Å². The molecule has 5 rings (SSSR count). The van der Waals surface area contributed by atoms with Gasteiger partial charge in [0, 0.05) is 49.7 Å². The monoisotopic (exact) mass is 442 g/mol. The number of amides is 1. The molecule has 2 aliphatic heterocycles. The molecule has 1 saturated carbocycles. The van der Waals surface area contributed by atoms with Gasteiger partial charge in [0.25, 0.3) is 0 Å². The summed E-state index contributed by atoms with van der Waals surface area (Å²) in [5, 5.41) is 8.43. The molecular formula is C23H31ClN6O. The molecule has 31 heavy (non-hydrogen) atoms. The third-order valence-corrected chi connectivity index (χ3v) is 7.35. The number of hydrogen-bond acceptors (Lipinski definition) is 5. The maximum absolute atomic E-state index is 12.4. The number of aromatic nitrogens is 3. The molecule has 1 spiro atoms. The zero-order valence-electron chi connectivity index (χ0n) is 18.2. The summed E-state index contributed by atoms with van der Waals surface area (Å²) in [6.45, 7) is 7.05. The van der Waals surface area contributed by atoms with E-state index >= 15 is 0 Å². The van der Waals surface area contributed by atoms with Crippen LogP contribution in [0.3, 0.4) is 0 Å². The Morgan fingerprint density at radius 1 is 1.16 bits per heavy atom. The van der Waals surface area contributed by atoms with Gasteiger partial charge in [0.2, 0.25) is 5.91 Å². The predicted octanol–water partition coefficient (Wildman–Crippen LogP) is 2.56. The highest BCUT2D eigenvalue weighted by Gasteiger charge is 2.54. The number of carbonyl (C=O) groups excluding carboxylic acids is 1. The van der Waals surface area contributed by atoms with Gasteiger partial charge in [0.15, 0.2) is 5.82 Å². The van der Waals surface area contributed by atoms with E-state index in [9.17, 15) is 4.79 Å². The van der Waals surface area contributed by atoms with E-state index in [0.29, 0.717) is 10.4 Å². The summed E-state index contributed by atoms with van der Waals surface area (Å²) in [5.74, 6) is 2.16. The first-order valence-electron chi connectivity index (χ1n) is 11.4. The highest BCUT2D eigenvalue weighted by Crippen LogP contribution is 2.52. The van der Waals surface area contributed by atoms with Crippen molar-refractivity contribution in [2.75, 3.05) is 39.3 Å². The molecule has 1 aromatic heterocycles. The molecule has 166 valence electrons. The van der Waals surface area contributed by atoms with Crippen LogP contribution in [0.1, 0.15) is 31.5 Å². The smallest absolute Gasteiger partial charge is 0.223 e. The van der Waals surface area contributed by atoms with E-state index in [4.69, 9.17) is 16.6 Å². The molecule has 0 atom stereocenters. The molecule has 2 aromatic rings. The van der Waals surface area contributed by atoms with E-state index in [0.717, 1.165) is 62.8 Å². The molecule has 0 unspecified atom stereocenters. The maximum atomic E-state index is 12.4. The number of carbonyl (C=O) groups is 1. The minimum Gasteiger partial charge on any atom is -0.355 e. The molecule has 0 radical (unpaired) electrons. The zero-order valence-corrected chi connectivity index (χ0v) is 18.9. The first-order valence-corrected chi connectivity index (χ1v) is 11.8. The van der Waals surface area contributed by atoms with Gasteiger partial charge in [-0.2, -0.15) is 5.10 Å². The summed E-state index contributed by atoms with van der Waals surface area (Å²) in [6.07, 6.45) is 4.64. The molecule has 1 aliphatic carbocycles. The van der Waals surface area contributed by atoms with Gasteiger partial charge in [-0.1, -0.05) is 11.6 Å². The zero-order chi connectivity index (χ0) is 21.4. The number of rotatable bonds is 7. The Labute approximate surface area is 188 Å². The lowest BCUT2D eigenvalue weighted by Crippen LogP contribution is -2.63. The molecule has 1 aromatic carbocycles. The predicted molar refractivity (Wildman–Crippen MR) is 121 cm³/mol. The average molecular weight is 443 g/mol. The lowest BCUT2D eigenvalue weighted by Gasteiger charge is -2.58. The third kappa shape index (κ3) is 4.49. The summed E-state index contributed by atoms with van der Waals surface area (Å²) < 4.78 is 1.87. The Morgan fingerprint density at radius 2 is 1.87 bits per heavy atom. The lowest BCUT2D eigenvalue weighted by molar-refractivity contribution is -0.145. The lowest BCUT2D eigenvalue weighted by atomic mass is 9.57. The van der Waals surface area contributed by atoms with Crippen LogP contribution in [0.15, 0.2) is 24.3 Å². The molecule has 2 saturated heterocycles. The molecule has 1 N–H and O–H groups in total. The third-order valence-electron chi connectivity index (χ3n) is 7.09. The molecule has 7 nitrogen and oxygen atoms in total. The fraction of sp³-hybridized carbons (Fsp3) is 0.609. The fourth-order valence-corrected chi connectivity index (χ4v) is 5.53. The van der Waals surface area contributed by atoms with Crippen LogP contribution in [-0.2, 0) is 18.4 Å². The topological polar surface area (TPSA) is 66.3 Å². The van der Waals surface area contributed by atoms with E-state index < -0.39 is 0 Å². The van der Waals surface area contributed by atoms with Crippen molar-refractivity contribution in [3.05, 3.63) is 35.1 Å². The van der Waals surface area contributed by atoms with Crippen molar-refractivity contribution >= 4 is 17.5 Å². The minimum atomic E-state index is 0.201. The Hall–Kier alpha value is -1.96. The summed E-state index contributed by atoms with van der Waals surface area (Å²) in [6, 6.07) is 7.62. The quantitative estimate of drug-likeness (QED) is 0.713. The van der Waals surface area contributed by atoms with Gasteiger partial charge in [-0.3, -0.25) is 14.4 Å². The van der Waals surface area contributed by atoms with E-state index in [1.807, 2.05) is 36.0 Å².